The molecule has 90 valence electrons. The molecule has 16 heavy (non-hydrogen) atoms. The first-order valence-corrected chi connectivity index (χ1v) is 5.30. The van der Waals surface area contributed by atoms with E-state index in [4.69, 9.17) is 11.6 Å². The second-order valence-corrected chi connectivity index (χ2v) is 3.66. The maximum Gasteiger partial charge on any atom is 0.251 e. The Balaban J connectivity index is 0.00000225. The smallest absolute Gasteiger partial charge is 0.251 e. The minimum absolute atomic E-state index is 0. The van der Waals surface area contributed by atoms with Crippen molar-refractivity contribution in [1.82, 2.24) is 10.6 Å². The Morgan fingerprint density at radius 2 is 2.12 bits per heavy atom. The Labute approximate surface area is 107 Å². The molecule has 0 saturated carbocycles. The third kappa shape index (κ3) is 5.35. The Bertz CT molecular complexity index is 332. The molecule has 1 aromatic rings. The van der Waals surface area contributed by atoms with E-state index < -0.39 is 0 Å². The van der Waals surface area contributed by atoms with Crippen LogP contribution in [0.25, 0.3) is 0 Å². The third-order valence-corrected chi connectivity index (χ3v) is 2.21. The molecule has 0 fully saturated rings. The number of amides is 1. The van der Waals surface area contributed by atoms with Gasteiger partial charge in [0.15, 0.2) is 0 Å². The predicted molar refractivity (Wildman–Crippen MR) is 69.6 cm³/mol. The van der Waals surface area contributed by atoms with Crippen molar-refractivity contribution in [2.75, 3.05) is 20.1 Å². The molecule has 2 N–H and O–H groups in total. The lowest BCUT2D eigenvalue weighted by Gasteiger charge is -2.04. The van der Waals surface area contributed by atoms with Crippen LogP contribution < -0.4 is 10.6 Å². The van der Waals surface area contributed by atoms with Crippen LogP contribution >= 0.6 is 24.0 Å². The zero-order valence-electron chi connectivity index (χ0n) is 9.13. The van der Waals surface area contributed by atoms with Gasteiger partial charge < -0.3 is 10.6 Å². The van der Waals surface area contributed by atoms with Crippen molar-refractivity contribution in [3.05, 3.63) is 34.9 Å². The second-order valence-electron chi connectivity index (χ2n) is 3.22. The first-order valence-electron chi connectivity index (χ1n) is 4.92. The SMILES string of the molecule is CNCCCNC(=O)c1cccc(Cl)c1.Cl. The number of carbonyl (C=O) groups excluding carboxylic acids is 1. The van der Waals surface area contributed by atoms with Gasteiger partial charge in [-0.15, -0.1) is 12.4 Å². The van der Waals surface area contributed by atoms with Crippen LogP contribution in [0.4, 0.5) is 0 Å². The van der Waals surface area contributed by atoms with E-state index in [1.54, 1.807) is 24.3 Å². The molecule has 0 radical (unpaired) electrons. The molecule has 1 rings (SSSR count). The Hall–Kier alpha value is -0.770. The van der Waals surface area contributed by atoms with Crippen LogP contribution in [-0.2, 0) is 0 Å². The minimum Gasteiger partial charge on any atom is -0.352 e. The van der Waals surface area contributed by atoms with E-state index in [-0.39, 0.29) is 18.3 Å². The predicted octanol–water partition coefficient (Wildman–Crippen LogP) is 2.10. The van der Waals surface area contributed by atoms with Crippen LogP contribution in [0.3, 0.4) is 0 Å². The molecule has 0 aliphatic heterocycles. The summed E-state index contributed by atoms with van der Waals surface area (Å²) in [5, 5.41) is 6.42. The zero-order chi connectivity index (χ0) is 11.1. The first-order chi connectivity index (χ1) is 7.24. The summed E-state index contributed by atoms with van der Waals surface area (Å²) in [6, 6.07) is 6.93. The normalized spacial score (nSPS) is 9.38. The molecule has 0 spiro atoms. The molecule has 0 heterocycles. The maximum absolute atomic E-state index is 11.6. The fourth-order valence-electron chi connectivity index (χ4n) is 1.20. The second kappa shape index (κ2) is 8.39. The molecule has 5 heteroatoms. The van der Waals surface area contributed by atoms with E-state index in [1.807, 2.05) is 7.05 Å². The molecule has 0 unspecified atom stereocenters. The van der Waals surface area contributed by atoms with Gasteiger partial charge in [0.05, 0.1) is 0 Å². The molecule has 3 nitrogen and oxygen atoms in total. The lowest BCUT2D eigenvalue weighted by atomic mass is 10.2. The van der Waals surface area contributed by atoms with Crippen molar-refractivity contribution in [2.45, 2.75) is 6.42 Å². The number of carbonyl (C=O) groups is 1. The maximum atomic E-state index is 11.6. The van der Waals surface area contributed by atoms with Gasteiger partial charge in [0.25, 0.3) is 5.91 Å². The largest absolute Gasteiger partial charge is 0.352 e. The molecule has 1 aromatic carbocycles. The fourth-order valence-corrected chi connectivity index (χ4v) is 1.39. The summed E-state index contributed by atoms with van der Waals surface area (Å²) in [5.74, 6) is -0.0754. The summed E-state index contributed by atoms with van der Waals surface area (Å²) < 4.78 is 0. The molecule has 0 atom stereocenters. The highest BCUT2D eigenvalue weighted by Gasteiger charge is 2.03. The number of benzene rings is 1. The fraction of sp³-hybridized carbons (Fsp3) is 0.364. The molecule has 1 amide bonds. The molecule has 0 bridgehead atoms. The summed E-state index contributed by atoms with van der Waals surface area (Å²) in [6.07, 6.45) is 0.919. The summed E-state index contributed by atoms with van der Waals surface area (Å²) in [5.41, 5.74) is 0.604. The standard InChI is InChI=1S/C11H15ClN2O.ClH/c1-13-6-3-7-14-11(15)9-4-2-5-10(12)8-9;/h2,4-5,8,13H,3,6-7H2,1H3,(H,14,15);1H. The van der Waals surface area contributed by atoms with E-state index in [0.29, 0.717) is 17.1 Å². The van der Waals surface area contributed by atoms with Crippen molar-refractivity contribution in [3.8, 4) is 0 Å². The van der Waals surface area contributed by atoms with Gasteiger partial charge in [0.1, 0.15) is 0 Å². The summed E-state index contributed by atoms with van der Waals surface area (Å²) in [4.78, 5) is 11.6. The van der Waals surface area contributed by atoms with Crippen molar-refractivity contribution in [2.24, 2.45) is 0 Å². The molecule has 0 aliphatic rings. The topological polar surface area (TPSA) is 41.1 Å². The number of hydrogen-bond donors (Lipinski definition) is 2. The molecular formula is C11H16Cl2N2O. The van der Waals surface area contributed by atoms with Crippen LogP contribution in [0.2, 0.25) is 5.02 Å². The first kappa shape index (κ1) is 15.2. The van der Waals surface area contributed by atoms with Crippen molar-refractivity contribution in [1.29, 1.82) is 0 Å². The Kier molecular flexibility index (Phi) is 7.99. The van der Waals surface area contributed by atoms with Crippen molar-refractivity contribution in [3.63, 3.8) is 0 Å². The van der Waals surface area contributed by atoms with E-state index >= 15 is 0 Å². The molecule has 0 aliphatic carbocycles. The van der Waals surface area contributed by atoms with Crippen molar-refractivity contribution < 1.29 is 4.79 Å². The van der Waals surface area contributed by atoms with Gasteiger partial charge in [-0.25, -0.2) is 0 Å². The number of rotatable bonds is 5. The van der Waals surface area contributed by atoms with E-state index in [1.165, 1.54) is 0 Å². The molecular weight excluding hydrogens is 247 g/mol. The van der Waals surface area contributed by atoms with Gasteiger partial charge in [-0.05, 0) is 38.2 Å². The van der Waals surface area contributed by atoms with Gasteiger partial charge in [-0.1, -0.05) is 17.7 Å². The quantitative estimate of drug-likeness (QED) is 0.799. The van der Waals surface area contributed by atoms with Gasteiger partial charge >= 0.3 is 0 Å². The number of halogens is 2. The highest BCUT2D eigenvalue weighted by atomic mass is 35.5. The molecule has 0 aromatic heterocycles. The van der Waals surface area contributed by atoms with Crippen molar-refractivity contribution >= 4 is 29.9 Å². The number of nitrogens with one attached hydrogen (secondary N) is 2. The highest BCUT2D eigenvalue weighted by molar-refractivity contribution is 6.30. The average molecular weight is 263 g/mol. The van der Waals surface area contributed by atoms with Crippen LogP contribution in [-0.4, -0.2) is 26.0 Å². The lowest BCUT2D eigenvalue weighted by molar-refractivity contribution is 0.0953. The Morgan fingerprint density at radius 3 is 2.75 bits per heavy atom. The lowest BCUT2D eigenvalue weighted by Crippen LogP contribution is -2.26. The van der Waals surface area contributed by atoms with E-state index in [9.17, 15) is 4.79 Å². The van der Waals surface area contributed by atoms with Gasteiger partial charge in [-0.2, -0.15) is 0 Å². The third-order valence-electron chi connectivity index (χ3n) is 1.98. The average Bonchev–Trinajstić information content (AvgIpc) is 2.24. The van der Waals surface area contributed by atoms with Gasteiger partial charge in [-0.3, -0.25) is 4.79 Å². The van der Waals surface area contributed by atoms with Gasteiger partial charge in [0, 0.05) is 17.1 Å². The molecule has 0 saturated heterocycles. The summed E-state index contributed by atoms with van der Waals surface area (Å²) in [7, 11) is 1.89. The minimum atomic E-state index is -0.0754. The number of hydrogen-bond acceptors (Lipinski definition) is 2. The highest BCUT2D eigenvalue weighted by Crippen LogP contribution is 2.10. The summed E-state index contributed by atoms with van der Waals surface area (Å²) >= 11 is 5.78. The van der Waals surface area contributed by atoms with Gasteiger partial charge in [0.2, 0.25) is 0 Å². The zero-order valence-corrected chi connectivity index (χ0v) is 10.7. The Morgan fingerprint density at radius 1 is 1.38 bits per heavy atom. The van der Waals surface area contributed by atoms with E-state index in [0.717, 1.165) is 13.0 Å². The van der Waals surface area contributed by atoms with Crippen LogP contribution in [0.1, 0.15) is 16.8 Å². The van der Waals surface area contributed by atoms with E-state index in [2.05, 4.69) is 10.6 Å². The monoisotopic (exact) mass is 262 g/mol. The van der Waals surface area contributed by atoms with Crippen LogP contribution in [0, 0.1) is 0 Å². The summed E-state index contributed by atoms with van der Waals surface area (Å²) in [6.45, 7) is 1.57. The van der Waals surface area contributed by atoms with Crippen LogP contribution in [0.15, 0.2) is 24.3 Å². The van der Waals surface area contributed by atoms with Crippen LogP contribution in [0.5, 0.6) is 0 Å².